The topological polar surface area (TPSA) is 72.5 Å². The van der Waals surface area contributed by atoms with E-state index in [0.29, 0.717) is 18.1 Å². The van der Waals surface area contributed by atoms with Crippen molar-refractivity contribution in [1.29, 1.82) is 0 Å². The van der Waals surface area contributed by atoms with Crippen molar-refractivity contribution in [3.63, 3.8) is 0 Å². The molecule has 0 saturated carbocycles. The van der Waals surface area contributed by atoms with Gasteiger partial charge in [-0.25, -0.2) is 8.42 Å². The van der Waals surface area contributed by atoms with E-state index in [2.05, 4.69) is 4.72 Å². The third-order valence-corrected chi connectivity index (χ3v) is 5.22. The molecule has 0 atom stereocenters. The van der Waals surface area contributed by atoms with Crippen LogP contribution in [0.15, 0.2) is 54.7 Å². The van der Waals surface area contributed by atoms with Crippen LogP contribution >= 0.6 is 11.6 Å². The van der Waals surface area contributed by atoms with Crippen molar-refractivity contribution < 1.29 is 17.9 Å². The second kappa shape index (κ2) is 10.1. The average molecular weight is 408 g/mol. The van der Waals surface area contributed by atoms with E-state index in [9.17, 15) is 13.2 Å². The quantitative estimate of drug-likeness (QED) is 0.645. The molecule has 0 aliphatic heterocycles. The van der Waals surface area contributed by atoms with Crippen LogP contribution in [0.4, 0.5) is 0 Å². The largest absolute Gasteiger partial charge is 0.466 e. The summed E-state index contributed by atoms with van der Waals surface area (Å²) >= 11 is 5.81. The zero-order valence-electron chi connectivity index (χ0n) is 15.0. The Balaban J connectivity index is 1.84. The maximum atomic E-state index is 12.1. The molecule has 0 bridgehead atoms. The molecule has 2 aromatic carbocycles. The number of hydrogen-bond acceptors (Lipinski definition) is 4. The van der Waals surface area contributed by atoms with Gasteiger partial charge < -0.3 is 4.74 Å². The average Bonchev–Trinajstić information content (AvgIpc) is 2.63. The first-order valence-electron chi connectivity index (χ1n) is 8.53. The minimum absolute atomic E-state index is 0.0164. The van der Waals surface area contributed by atoms with Crippen molar-refractivity contribution in [2.75, 3.05) is 12.4 Å². The van der Waals surface area contributed by atoms with Crippen molar-refractivity contribution in [3.05, 3.63) is 76.4 Å². The van der Waals surface area contributed by atoms with Crippen LogP contribution in [0.5, 0.6) is 0 Å². The predicted octanol–water partition coefficient (Wildman–Crippen LogP) is 3.58. The summed E-state index contributed by atoms with van der Waals surface area (Å²) in [5.74, 6) is -0.286. The lowest BCUT2D eigenvalue weighted by Crippen LogP contribution is -2.22. The molecule has 1 N–H and O–H groups in total. The van der Waals surface area contributed by atoms with E-state index in [1.54, 1.807) is 25.1 Å². The highest BCUT2D eigenvalue weighted by Gasteiger charge is 2.08. The van der Waals surface area contributed by atoms with Crippen LogP contribution in [0.1, 0.15) is 23.6 Å². The minimum atomic E-state index is -3.42. The van der Waals surface area contributed by atoms with Crippen molar-refractivity contribution in [1.82, 2.24) is 4.72 Å². The fourth-order valence-corrected chi connectivity index (χ4v) is 3.35. The molecular weight excluding hydrogens is 386 g/mol. The first-order valence-corrected chi connectivity index (χ1v) is 10.6. The maximum Gasteiger partial charge on any atom is 0.310 e. The van der Waals surface area contributed by atoms with Gasteiger partial charge in [0.25, 0.3) is 0 Å². The van der Waals surface area contributed by atoms with Crippen LogP contribution in [0.3, 0.4) is 0 Å². The summed E-state index contributed by atoms with van der Waals surface area (Å²) in [4.78, 5) is 11.4. The Morgan fingerprint density at radius 3 is 2.33 bits per heavy atom. The SMILES string of the molecule is CCOC(=O)Cc1ccc(C=CNS(=O)(=O)CCc2ccc(Cl)cc2)cc1. The van der Waals surface area contributed by atoms with Gasteiger partial charge in [-0.3, -0.25) is 9.52 Å². The molecule has 0 spiro atoms. The van der Waals surface area contributed by atoms with Crippen LogP contribution in [0.25, 0.3) is 6.08 Å². The number of benzene rings is 2. The first kappa shape index (κ1) is 21.0. The Kier molecular flexibility index (Phi) is 7.88. The predicted molar refractivity (Wildman–Crippen MR) is 108 cm³/mol. The zero-order chi connectivity index (χ0) is 19.7. The minimum Gasteiger partial charge on any atom is -0.466 e. The van der Waals surface area contributed by atoms with E-state index in [-0.39, 0.29) is 18.1 Å². The van der Waals surface area contributed by atoms with Gasteiger partial charge in [0, 0.05) is 11.2 Å². The highest BCUT2D eigenvalue weighted by molar-refractivity contribution is 7.89. The number of hydrogen-bond donors (Lipinski definition) is 1. The third kappa shape index (κ3) is 7.85. The lowest BCUT2D eigenvalue weighted by molar-refractivity contribution is -0.142. The van der Waals surface area contributed by atoms with Crippen LogP contribution in [0, 0.1) is 0 Å². The van der Waals surface area contributed by atoms with Gasteiger partial charge in [0.15, 0.2) is 0 Å². The van der Waals surface area contributed by atoms with E-state index in [0.717, 1.165) is 16.7 Å². The van der Waals surface area contributed by atoms with E-state index in [1.807, 2.05) is 36.4 Å². The fraction of sp³-hybridized carbons (Fsp3) is 0.250. The Morgan fingerprint density at radius 2 is 1.70 bits per heavy atom. The molecule has 7 heteroatoms. The van der Waals surface area contributed by atoms with Crippen molar-refractivity contribution in [2.24, 2.45) is 0 Å². The highest BCUT2D eigenvalue weighted by Crippen LogP contribution is 2.11. The molecule has 0 aliphatic carbocycles. The second-order valence-electron chi connectivity index (χ2n) is 5.87. The van der Waals surface area contributed by atoms with E-state index >= 15 is 0 Å². The normalized spacial score (nSPS) is 11.5. The van der Waals surface area contributed by atoms with Crippen LogP contribution < -0.4 is 4.72 Å². The highest BCUT2D eigenvalue weighted by atomic mass is 35.5. The lowest BCUT2D eigenvalue weighted by atomic mass is 10.1. The molecule has 0 radical (unpaired) electrons. The number of carbonyl (C=O) groups is 1. The first-order chi connectivity index (χ1) is 12.9. The Bertz CT molecular complexity index is 875. The lowest BCUT2D eigenvalue weighted by Gasteiger charge is -2.05. The maximum absolute atomic E-state index is 12.1. The Morgan fingerprint density at radius 1 is 1.07 bits per heavy atom. The number of esters is 1. The van der Waals surface area contributed by atoms with Gasteiger partial charge in [-0.05, 0) is 48.2 Å². The number of halogens is 1. The zero-order valence-corrected chi connectivity index (χ0v) is 16.6. The van der Waals surface area contributed by atoms with Crippen molar-refractivity contribution in [2.45, 2.75) is 19.8 Å². The number of ether oxygens (including phenoxy) is 1. The molecule has 0 aromatic heterocycles. The number of rotatable bonds is 9. The molecule has 0 amide bonds. The standard InChI is InChI=1S/C20H22ClNO4S/c1-2-26-20(23)15-18-5-3-16(4-6-18)11-13-22-27(24,25)14-12-17-7-9-19(21)10-8-17/h3-11,13,22H,2,12,14-15H2,1H3. The molecule has 0 saturated heterocycles. The van der Waals surface area contributed by atoms with Gasteiger partial charge >= 0.3 is 5.97 Å². The van der Waals surface area contributed by atoms with Crippen LogP contribution in [-0.4, -0.2) is 26.7 Å². The molecule has 0 fully saturated rings. The van der Waals surface area contributed by atoms with Gasteiger partial charge in [-0.2, -0.15) is 0 Å². The Labute approximate surface area is 165 Å². The van der Waals surface area contributed by atoms with Gasteiger partial charge in [-0.15, -0.1) is 0 Å². The summed E-state index contributed by atoms with van der Waals surface area (Å²) in [7, 11) is -3.42. The molecule has 2 aromatic rings. The van der Waals surface area contributed by atoms with Crippen molar-refractivity contribution >= 4 is 33.7 Å². The molecule has 27 heavy (non-hydrogen) atoms. The second-order valence-corrected chi connectivity index (χ2v) is 8.18. The van der Waals surface area contributed by atoms with Crippen LogP contribution in [0.2, 0.25) is 5.02 Å². The van der Waals surface area contributed by atoms with Crippen molar-refractivity contribution in [3.8, 4) is 0 Å². The number of nitrogens with one attached hydrogen (secondary N) is 1. The van der Waals surface area contributed by atoms with Gasteiger partial charge in [-0.1, -0.05) is 48.0 Å². The number of carbonyl (C=O) groups excluding carboxylic acids is 1. The summed E-state index contributed by atoms with van der Waals surface area (Å²) in [6, 6.07) is 14.3. The third-order valence-electron chi connectivity index (χ3n) is 3.73. The smallest absolute Gasteiger partial charge is 0.310 e. The molecule has 144 valence electrons. The van der Waals surface area contributed by atoms with Gasteiger partial charge in [0.05, 0.1) is 18.8 Å². The summed E-state index contributed by atoms with van der Waals surface area (Å²) in [5.41, 5.74) is 2.57. The van der Waals surface area contributed by atoms with E-state index in [1.165, 1.54) is 6.20 Å². The molecule has 0 unspecified atom stereocenters. The number of sulfonamides is 1. The van der Waals surface area contributed by atoms with E-state index in [4.69, 9.17) is 16.3 Å². The summed E-state index contributed by atoms with van der Waals surface area (Å²) in [6.45, 7) is 2.13. The molecule has 2 rings (SSSR count). The monoisotopic (exact) mass is 407 g/mol. The molecular formula is C20H22ClNO4S. The molecule has 0 aliphatic rings. The van der Waals surface area contributed by atoms with Gasteiger partial charge in [0.1, 0.15) is 0 Å². The molecule has 5 nitrogen and oxygen atoms in total. The summed E-state index contributed by atoms with van der Waals surface area (Å²) in [6.07, 6.45) is 3.68. The number of aryl methyl sites for hydroxylation is 1. The summed E-state index contributed by atoms with van der Waals surface area (Å²) in [5, 5.41) is 0.621. The summed E-state index contributed by atoms with van der Waals surface area (Å²) < 4.78 is 31.5. The molecule has 0 heterocycles. The fourth-order valence-electron chi connectivity index (χ4n) is 2.32. The van der Waals surface area contributed by atoms with E-state index < -0.39 is 10.0 Å². The Hall–Kier alpha value is -2.31. The van der Waals surface area contributed by atoms with Gasteiger partial charge in [0.2, 0.25) is 10.0 Å². The van der Waals surface area contributed by atoms with Crippen LogP contribution in [-0.2, 0) is 32.4 Å².